The van der Waals surface area contributed by atoms with Gasteiger partial charge in [-0.1, -0.05) is 79.9 Å². The third-order valence-corrected chi connectivity index (χ3v) is 12.4. The molecular weight excluding hydrogens is 582 g/mol. The van der Waals surface area contributed by atoms with E-state index in [1.165, 1.54) is 6.42 Å². The van der Waals surface area contributed by atoms with Gasteiger partial charge in [-0.15, -0.1) is 24.9 Å². The third-order valence-electron chi connectivity index (χ3n) is 10.4. The Morgan fingerprint density at radius 3 is 2.27 bits per heavy atom. The van der Waals surface area contributed by atoms with Gasteiger partial charge < -0.3 is 19.8 Å². The molecule has 2 unspecified atom stereocenters. The summed E-state index contributed by atoms with van der Waals surface area (Å²) in [6, 6.07) is 18.1. The van der Waals surface area contributed by atoms with Gasteiger partial charge in [0.1, 0.15) is 6.04 Å². The number of carbonyl (C=O) groups excluding carboxylic acids is 3. The Hall–Kier alpha value is -3.36. The largest absolute Gasteiger partial charge is 0.394 e. The number of carbonyl (C=O) groups is 3. The van der Waals surface area contributed by atoms with E-state index in [9.17, 15) is 14.7 Å². The second kappa shape index (κ2) is 13.6. The summed E-state index contributed by atoms with van der Waals surface area (Å²) in [6.45, 7) is 8.37. The van der Waals surface area contributed by atoms with Crippen LogP contribution >= 0.6 is 11.8 Å². The molecule has 8 heteroatoms. The van der Waals surface area contributed by atoms with Gasteiger partial charge in [-0.05, 0) is 49.8 Å². The second-order valence-electron chi connectivity index (χ2n) is 13.0. The van der Waals surface area contributed by atoms with E-state index in [4.69, 9.17) is 0 Å². The first-order valence-corrected chi connectivity index (χ1v) is 17.4. The molecule has 3 heterocycles. The minimum absolute atomic E-state index is 0.0517. The van der Waals surface area contributed by atoms with E-state index < -0.39 is 28.7 Å². The van der Waals surface area contributed by atoms with Gasteiger partial charge in [0.05, 0.1) is 29.2 Å². The van der Waals surface area contributed by atoms with Crippen molar-refractivity contribution in [1.29, 1.82) is 0 Å². The van der Waals surface area contributed by atoms with Crippen molar-refractivity contribution in [3.8, 4) is 0 Å². The number of anilines is 1. The number of rotatable bonds is 12. The van der Waals surface area contributed by atoms with Crippen LogP contribution in [0.1, 0.15) is 50.5 Å². The monoisotopic (exact) mass is 627 g/mol. The summed E-state index contributed by atoms with van der Waals surface area (Å²) in [6.07, 6.45) is 10.6. The van der Waals surface area contributed by atoms with E-state index >= 15 is 4.79 Å². The average Bonchev–Trinajstić information content (AvgIpc) is 3.73. The Morgan fingerprint density at radius 1 is 0.956 bits per heavy atom. The number of thioether (sulfide) groups is 1. The van der Waals surface area contributed by atoms with Gasteiger partial charge in [-0.25, -0.2) is 0 Å². The van der Waals surface area contributed by atoms with Crippen LogP contribution in [0.25, 0.3) is 0 Å². The van der Waals surface area contributed by atoms with Crippen LogP contribution in [0.3, 0.4) is 0 Å². The Balaban J connectivity index is 1.42. The maximum absolute atomic E-state index is 15.0. The van der Waals surface area contributed by atoms with Crippen LogP contribution in [-0.2, 0) is 20.8 Å². The second-order valence-corrected chi connectivity index (χ2v) is 14.6. The molecule has 2 aromatic rings. The first-order valence-electron chi connectivity index (χ1n) is 16.5. The highest BCUT2D eigenvalue weighted by Crippen LogP contribution is 2.67. The molecule has 1 N–H and O–H groups in total. The summed E-state index contributed by atoms with van der Waals surface area (Å²) in [5.41, 5.74) is 1.76. The maximum Gasteiger partial charge on any atom is 0.247 e. The van der Waals surface area contributed by atoms with Crippen molar-refractivity contribution in [2.75, 3.05) is 24.6 Å². The van der Waals surface area contributed by atoms with E-state index in [0.29, 0.717) is 25.9 Å². The molecule has 3 aliphatic heterocycles. The predicted molar refractivity (Wildman–Crippen MR) is 180 cm³/mol. The van der Waals surface area contributed by atoms with E-state index in [2.05, 4.69) is 13.2 Å². The average molecular weight is 628 g/mol. The summed E-state index contributed by atoms with van der Waals surface area (Å²) >= 11 is 1.69. The molecule has 3 saturated heterocycles. The highest BCUT2D eigenvalue weighted by molar-refractivity contribution is 8.02. The number of amides is 3. The lowest BCUT2D eigenvalue weighted by atomic mass is 9.70. The number of benzene rings is 2. The lowest BCUT2D eigenvalue weighted by Gasteiger charge is -2.42. The topological polar surface area (TPSA) is 81.2 Å². The van der Waals surface area contributed by atoms with Crippen molar-refractivity contribution in [2.24, 2.45) is 11.8 Å². The molecule has 6 atom stereocenters. The standard InChI is InChI=1S/C37H45N3O4S/c1-3-22-38(27-16-10-6-11-17-27)34(42)31-30-20-21-37(45-30)32(31)35(43)40(29(25-41)24-26-14-8-5-9-15-26)33(37)36(44)39(23-4-2)28-18-12-7-13-19-28/h3-6,8-11,14-17,28-33,41H,1-2,7,12-13,18-25H2/t29-,30+,31-,32+,33?,37?/m1/s1. The highest BCUT2D eigenvalue weighted by Gasteiger charge is 2.74. The number of likely N-dealkylation sites (tertiary alicyclic amines) is 1. The molecule has 0 radical (unpaired) electrons. The molecule has 4 aliphatic rings. The minimum Gasteiger partial charge on any atom is -0.394 e. The quantitative estimate of drug-likeness (QED) is 0.326. The lowest BCUT2D eigenvalue weighted by Crippen LogP contribution is -2.59. The van der Waals surface area contributed by atoms with Gasteiger partial charge in [-0.2, -0.15) is 0 Å². The number of hydrogen-bond donors (Lipinski definition) is 1. The highest BCUT2D eigenvalue weighted by atomic mass is 32.2. The molecule has 45 heavy (non-hydrogen) atoms. The summed E-state index contributed by atoms with van der Waals surface area (Å²) in [7, 11) is 0. The van der Waals surface area contributed by atoms with Crippen molar-refractivity contribution in [3.63, 3.8) is 0 Å². The molecule has 0 aromatic heterocycles. The van der Waals surface area contributed by atoms with Crippen LogP contribution in [-0.4, -0.2) is 80.4 Å². The van der Waals surface area contributed by atoms with Crippen molar-refractivity contribution in [1.82, 2.24) is 9.80 Å². The van der Waals surface area contributed by atoms with Gasteiger partial charge >= 0.3 is 0 Å². The van der Waals surface area contributed by atoms with E-state index in [1.807, 2.05) is 65.6 Å². The first kappa shape index (κ1) is 31.6. The Bertz CT molecular complexity index is 1400. The minimum atomic E-state index is -0.755. The van der Waals surface area contributed by atoms with Crippen molar-refractivity contribution >= 4 is 35.2 Å². The molecule has 2 aromatic carbocycles. The molecule has 6 rings (SSSR count). The van der Waals surface area contributed by atoms with Gasteiger partial charge in [-0.3, -0.25) is 14.4 Å². The summed E-state index contributed by atoms with van der Waals surface area (Å²) < 4.78 is -0.728. The number of para-hydroxylation sites is 1. The lowest BCUT2D eigenvalue weighted by molar-refractivity contribution is -0.147. The van der Waals surface area contributed by atoms with Crippen LogP contribution in [0.4, 0.5) is 5.69 Å². The predicted octanol–water partition coefficient (Wildman–Crippen LogP) is 5.25. The van der Waals surface area contributed by atoms with E-state index in [-0.39, 0.29) is 35.6 Å². The number of aliphatic hydroxyl groups is 1. The molecule has 7 nitrogen and oxygen atoms in total. The van der Waals surface area contributed by atoms with E-state index in [0.717, 1.165) is 43.4 Å². The SMILES string of the molecule is C=CCN(C(=O)[C@@H]1[C@@H]2CCC3(S2)C(C(=O)N(CC=C)C2CCCCC2)N([C@@H](CO)Cc2ccccc2)C(=O)[C@H]13)c1ccccc1. The fourth-order valence-electron chi connectivity index (χ4n) is 8.53. The van der Waals surface area contributed by atoms with Crippen LogP contribution in [0.5, 0.6) is 0 Å². The van der Waals surface area contributed by atoms with Crippen LogP contribution in [0.2, 0.25) is 0 Å². The third kappa shape index (κ3) is 5.65. The Labute approximate surface area is 271 Å². The molecule has 1 aliphatic carbocycles. The fourth-order valence-corrected chi connectivity index (χ4v) is 10.7. The zero-order valence-electron chi connectivity index (χ0n) is 26.0. The van der Waals surface area contributed by atoms with Crippen molar-refractivity contribution in [2.45, 2.75) is 79.5 Å². The van der Waals surface area contributed by atoms with Gasteiger partial charge in [0.25, 0.3) is 0 Å². The van der Waals surface area contributed by atoms with Crippen LogP contribution in [0.15, 0.2) is 86.0 Å². The number of fused-ring (bicyclic) bond motifs is 1. The number of hydrogen-bond acceptors (Lipinski definition) is 5. The van der Waals surface area contributed by atoms with Gasteiger partial charge in [0.2, 0.25) is 17.7 Å². The number of aliphatic hydroxyl groups excluding tert-OH is 1. The molecular formula is C37H45N3O4S. The fraction of sp³-hybridized carbons (Fsp3) is 0.486. The molecule has 4 fully saturated rings. The van der Waals surface area contributed by atoms with Crippen LogP contribution < -0.4 is 4.90 Å². The van der Waals surface area contributed by atoms with Crippen molar-refractivity contribution in [3.05, 3.63) is 91.5 Å². The van der Waals surface area contributed by atoms with Gasteiger partial charge in [0.15, 0.2) is 0 Å². The van der Waals surface area contributed by atoms with Crippen LogP contribution in [0, 0.1) is 11.8 Å². The Kier molecular flexibility index (Phi) is 9.52. The number of nitrogens with zero attached hydrogens (tertiary/aromatic N) is 3. The maximum atomic E-state index is 15.0. The van der Waals surface area contributed by atoms with Crippen molar-refractivity contribution < 1.29 is 19.5 Å². The summed E-state index contributed by atoms with van der Waals surface area (Å²) in [4.78, 5) is 49.8. The summed E-state index contributed by atoms with van der Waals surface area (Å²) in [5, 5.41) is 10.8. The first-order chi connectivity index (χ1) is 21.9. The van der Waals surface area contributed by atoms with E-state index in [1.54, 1.807) is 33.7 Å². The molecule has 1 spiro atoms. The Morgan fingerprint density at radius 2 is 1.62 bits per heavy atom. The molecule has 238 valence electrons. The zero-order chi connectivity index (χ0) is 31.6. The smallest absolute Gasteiger partial charge is 0.247 e. The zero-order valence-corrected chi connectivity index (χ0v) is 26.8. The van der Waals surface area contributed by atoms with Gasteiger partial charge in [0, 0.05) is 30.1 Å². The molecule has 2 bridgehead atoms. The summed E-state index contributed by atoms with van der Waals surface area (Å²) in [5.74, 6) is -1.53. The normalized spacial score (nSPS) is 28.0. The molecule has 1 saturated carbocycles. The molecule has 3 amide bonds.